The van der Waals surface area contributed by atoms with Crippen molar-refractivity contribution in [2.75, 3.05) is 13.1 Å². The average Bonchev–Trinajstić information content (AvgIpc) is 2.89. The van der Waals surface area contributed by atoms with E-state index in [1.807, 2.05) is 25.3 Å². The van der Waals surface area contributed by atoms with Crippen molar-refractivity contribution in [3.8, 4) is 0 Å². The Morgan fingerprint density at radius 1 is 1.35 bits per heavy atom. The lowest BCUT2D eigenvalue weighted by Crippen LogP contribution is -2.35. The monoisotopic (exact) mass is 298 g/mol. The minimum atomic E-state index is -0.514. The van der Waals surface area contributed by atoms with E-state index in [2.05, 4.69) is 10.6 Å². The maximum atomic E-state index is 11.6. The van der Waals surface area contributed by atoms with Crippen molar-refractivity contribution in [2.45, 2.75) is 32.8 Å². The van der Waals surface area contributed by atoms with Crippen LogP contribution in [-0.2, 0) is 4.79 Å². The van der Waals surface area contributed by atoms with Crippen molar-refractivity contribution in [3.05, 3.63) is 22.4 Å². The van der Waals surface area contributed by atoms with E-state index in [9.17, 15) is 14.7 Å². The number of aliphatic hydroxyl groups excluding tert-OH is 1. The molecule has 112 valence electrons. The highest BCUT2D eigenvalue weighted by atomic mass is 32.1. The van der Waals surface area contributed by atoms with Gasteiger partial charge < -0.3 is 15.7 Å². The topological polar surface area (TPSA) is 78.4 Å². The summed E-state index contributed by atoms with van der Waals surface area (Å²) in [4.78, 5) is 23.8. The maximum Gasteiger partial charge on any atom is 0.261 e. The number of aliphatic hydroxyl groups is 1. The molecule has 0 spiro atoms. The molecule has 1 rings (SSSR count). The normalized spacial score (nSPS) is 12.2. The van der Waals surface area contributed by atoms with Crippen molar-refractivity contribution >= 4 is 23.2 Å². The second-order valence-corrected chi connectivity index (χ2v) is 6.02. The lowest BCUT2D eigenvalue weighted by molar-refractivity contribution is -0.121. The fraction of sp³-hybridized carbons (Fsp3) is 0.571. The second-order valence-electron chi connectivity index (χ2n) is 5.07. The lowest BCUT2D eigenvalue weighted by Gasteiger charge is -2.13. The molecule has 0 aliphatic heterocycles. The molecule has 0 aliphatic carbocycles. The van der Waals surface area contributed by atoms with Gasteiger partial charge in [0.15, 0.2) is 0 Å². The molecule has 0 radical (unpaired) electrons. The fourth-order valence-electron chi connectivity index (χ4n) is 1.73. The van der Waals surface area contributed by atoms with Gasteiger partial charge in [-0.1, -0.05) is 19.9 Å². The molecule has 6 heteroatoms. The zero-order valence-corrected chi connectivity index (χ0v) is 12.7. The number of hydrogen-bond acceptors (Lipinski definition) is 4. The number of carbonyl (C=O) groups is 2. The van der Waals surface area contributed by atoms with Crippen LogP contribution in [0.5, 0.6) is 0 Å². The van der Waals surface area contributed by atoms with Crippen molar-refractivity contribution < 1.29 is 14.7 Å². The Morgan fingerprint density at radius 2 is 2.10 bits per heavy atom. The van der Waals surface area contributed by atoms with Crippen LogP contribution in [0.1, 0.15) is 36.4 Å². The number of rotatable bonds is 8. The molecule has 1 aromatic rings. The Balaban J connectivity index is 2.13. The summed E-state index contributed by atoms with van der Waals surface area (Å²) in [5.74, 6) is 0.0684. The van der Waals surface area contributed by atoms with E-state index in [-0.39, 0.29) is 24.8 Å². The highest BCUT2D eigenvalue weighted by Crippen LogP contribution is 2.07. The van der Waals surface area contributed by atoms with E-state index < -0.39 is 6.10 Å². The van der Waals surface area contributed by atoms with Crippen LogP contribution in [0.2, 0.25) is 0 Å². The first-order chi connectivity index (χ1) is 9.49. The maximum absolute atomic E-state index is 11.6. The summed E-state index contributed by atoms with van der Waals surface area (Å²) in [5, 5.41) is 16.8. The molecule has 0 saturated heterocycles. The molecule has 1 aromatic heterocycles. The number of hydrogen-bond donors (Lipinski definition) is 3. The van der Waals surface area contributed by atoms with Gasteiger partial charge in [0.1, 0.15) is 0 Å². The molecular weight excluding hydrogens is 276 g/mol. The van der Waals surface area contributed by atoms with Gasteiger partial charge in [0.25, 0.3) is 5.91 Å². The van der Waals surface area contributed by atoms with E-state index in [1.54, 1.807) is 6.07 Å². The number of carbonyl (C=O) groups excluding carboxylic acids is 2. The van der Waals surface area contributed by atoms with Crippen LogP contribution in [0.15, 0.2) is 17.5 Å². The Kier molecular flexibility index (Phi) is 7.25. The van der Waals surface area contributed by atoms with Crippen LogP contribution in [0.3, 0.4) is 0 Å². The SMILES string of the molecule is CC(C)CC(O)CNC(=O)CCNC(=O)c1cccs1. The summed E-state index contributed by atoms with van der Waals surface area (Å²) < 4.78 is 0. The molecule has 2 amide bonds. The second kappa shape index (κ2) is 8.71. The van der Waals surface area contributed by atoms with Gasteiger partial charge in [0, 0.05) is 19.5 Å². The quantitative estimate of drug-likeness (QED) is 0.678. The molecule has 0 fully saturated rings. The first-order valence-corrected chi connectivity index (χ1v) is 7.63. The fourth-order valence-corrected chi connectivity index (χ4v) is 2.37. The molecule has 0 bridgehead atoms. The number of nitrogens with one attached hydrogen (secondary N) is 2. The van der Waals surface area contributed by atoms with E-state index in [0.717, 1.165) is 0 Å². The Hall–Kier alpha value is -1.40. The molecule has 0 aromatic carbocycles. The average molecular weight is 298 g/mol. The number of thiophene rings is 1. The first kappa shape index (κ1) is 16.7. The molecule has 1 heterocycles. The zero-order valence-electron chi connectivity index (χ0n) is 11.9. The van der Waals surface area contributed by atoms with E-state index in [0.29, 0.717) is 23.8 Å². The lowest BCUT2D eigenvalue weighted by atomic mass is 10.1. The molecule has 1 atom stereocenters. The smallest absolute Gasteiger partial charge is 0.261 e. The third-order valence-electron chi connectivity index (χ3n) is 2.66. The van der Waals surface area contributed by atoms with E-state index >= 15 is 0 Å². The summed E-state index contributed by atoms with van der Waals surface area (Å²) in [6.45, 7) is 4.59. The predicted octanol–water partition coefficient (Wildman–Crippen LogP) is 1.39. The molecule has 3 N–H and O–H groups in total. The summed E-state index contributed by atoms with van der Waals surface area (Å²) in [7, 11) is 0. The standard InChI is InChI=1S/C14H22N2O3S/c1-10(2)8-11(17)9-16-13(18)5-6-15-14(19)12-4-3-7-20-12/h3-4,7,10-11,17H,5-6,8-9H2,1-2H3,(H,15,19)(H,16,18). The van der Waals surface area contributed by atoms with Crippen LogP contribution in [0.4, 0.5) is 0 Å². The van der Waals surface area contributed by atoms with Gasteiger partial charge in [-0.25, -0.2) is 0 Å². The minimum Gasteiger partial charge on any atom is -0.391 e. The molecule has 1 unspecified atom stereocenters. The summed E-state index contributed by atoms with van der Waals surface area (Å²) >= 11 is 1.36. The van der Waals surface area contributed by atoms with Crippen LogP contribution < -0.4 is 10.6 Å². The Labute approximate surface area is 123 Å². The van der Waals surface area contributed by atoms with Crippen molar-refractivity contribution in [1.82, 2.24) is 10.6 Å². The minimum absolute atomic E-state index is 0.160. The summed E-state index contributed by atoms with van der Waals surface area (Å²) in [6.07, 6.45) is 0.362. The van der Waals surface area contributed by atoms with Crippen molar-refractivity contribution in [3.63, 3.8) is 0 Å². The molecule has 0 saturated carbocycles. The third kappa shape index (κ3) is 6.68. The van der Waals surface area contributed by atoms with Gasteiger partial charge in [-0.15, -0.1) is 11.3 Å². The van der Waals surface area contributed by atoms with Crippen LogP contribution in [-0.4, -0.2) is 36.1 Å². The first-order valence-electron chi connectivity index (χ1n) is 6.75. The Morgan fingerprint density at radius 3 is 2.70 bits per heavy atom. The highest BCUT2D eigenvalue weighted by Gasteiger charge is 2.10. The van der Waals surface area contributed by atoms with Crippen molar-refractivity contribution in [1.29, 1.82) is 0 Å². The summed E-state index contributed by atoms with van der Waals surface area (Å²) in [5.41, 5.74) is 0. The number of amides is 2. The van der Waals surface area contributed by atoms with Crippen LogP contribution in [0.25, 0.3) is 0 Å². The highest BCUT2D eigenvalue weighted by molar-refractivity contribution is 7.12. The molecular formula is C14H22N2O3S. The van der Waals surface area contributed by atoms with E-state index in [4.69, 9.17) is 0 Å². The predicted molar refractivity (Wildman–Crippen MR) is 79.7 cm³/mol. The van der Waals surface area contributed by atoms with Gasteiger partial charge in [0.2, 0.25) is 5.91 Å². The van der Waals surface area contributed by atoms with Crippen LogP contribution >= 0.6 is 11.3 Å². The Bertz CT molecular complexity index is 418. The molecule has 5 nitrogen and oxygen atoms in total. The van der Waals surface area contributed by atoms with Gasteiger partial charge >= 0.3 is 0 Å². The zero-order chi connectivity index (χ0) is 15.0. The van der Waals surface area contributed by atoms with Crippen molar-refractivity contribution in [2.24, 2.45) is 5.92 Å². The largest absolute Gasteiger partial charge is 0.391 e. The third-order valence-corrected chi connectivity index (χ3v) is 3.53. The van der Waals surface area contributed by atoms with Crippen LogP contribution in [0, 0.1) is 5.92 Å². The van der Waals surface area contributed by atoms with Gasteiger partial charge in [-0.3, -0.25) is 9.59 Å². The summed E-state index contributed by atoms with van der Waals surface area (Å²) in [6, 6.07) is 3.55. The molecule has 20 heavy (non-hydrogen) atoms. The van der Waals surface area contributed by atoms with E-state index in [1.165, 1.54) is 11.3 Å². The van der Waals surface area contributed by atoms with Gasteiger partial charge in [-0.05, 0) is 23.8 Å². The van der Waals surface area contributed by atoms with Gasteiger partial charge in [0.05, 0.1) is 11.0 Å². The molecule has 0 aliphatic rings. The van der Waals surface area contributed by atoms with Gasteiger partial charge in [-0.2, -0.15) is 0 Å².